The smallest absolute Gasteiger partial charge is 0.355 e. The number of sulfonamides is 1. The minimum absolute atomic E-state index is 0.0565. The molecule has 2 aliphatic carbocycles. The topological polar surface area (TPSA) is 128 Å². The van der Waals surface area contributed by atoms with Gasteiger partial charge in [-0.1, -0.05) is 55.0 Å². The highest BCUT2D eigenvalue weighted by Crippen LogP contribution is 2.40. The molecule has 0 bridgehead atoms. The molecule has 8 nitrogen and oxygen atoms in total. The van der Waals surface area contributed by atoms with Crippen molar-refractivity contribution >= 4 is 27.3 Å². The zero-order valence-corrected chi connectivity index (χ0v) is 26.0. The second-order valence-corrected chi connectivity index (χ2v) is 14.3. The van der Waals surface area contributed by atoms with Crippen molar-refractivity contribution in [3.05, 3.63) is 106 Å². The predicted molar refractivity (Wildman–Crippen MR) is 171 cm³/mol. The lowest BCUT2D eigenvalue weighted by atomic mass is 9.80. The third-order valence-electron chi connectivity index (χ3n) is 8.80. The Hall–Kier alpha value is -4.19. The molecule has 2 aliphatic rings. The quantitative estimate of drug-likeness (QED) is 0.170. The zero-order chi connectivity index (χ0) is 31.3. The SMILES string of the molecule is NS(=O)(=O)c1ccc(Cc2c(-c3cccc(-c4ccc(C5CCC5)cc4)c3)nn(-c3nc(C(=O)O)cs3)c2CC2CC2)cc1F. The van der Waals surface area contributed by atoms with Crippen molar-refractivity contribution in [1.82, 2.24) is 14.8 Å². The van der Waals surface area contributed by atoms with Gasteiger partial charge in [-0.2, -0.15) is 5.10 Å². The molecule has 0 radical (unpaired) electrons. The van der Waals surface area contributed by atoms with Crippen LogP contribution in [0.15, 0.2) is 77.0 Å². The van der Waals surface area contributed by atoms with Crippen molar-refractivity contribution in [2.45, 2.75) is 55.8 Å². The number of benzene rings is 3. The maximum Gasteiger partial charge on any atom is 0.355 e. The maximum absolute atomic E-state index is 14.9. The first-order chi connectivity index (χ1) is 21.6. The molecule has 230 valence electrons. The Bertz CT molecular complexity index is 2030. The molecule has 2 aromatic heterocycles. The number of rotatable bonds is 10. The fraction of sp³-hybridized carbons (Fsp3) is 0.265. The number of carbonyl (C=O) groups is 1. The fourth-order valence-corrected chi connectivity index (χ4v) is 7.31. The van der Waals surface area contributed by atoms with Crippen LogP contribution >= 0.6 is 11.3 Å². The number of primary sulfonamides is 1. The Balaban J connectivity index is 1.34. The van der Waals surface area contributed by atoms with Crippen LogP contribution in [0.25, 0.3) is 27.5 Å². The Morgan fingerprint density at radius 3 is 2.38 bits per heavy atom. The molecule has 11 heteroatoms. The van der Waals surface area contributed by atoms with Crippen LogP contribution in [-0.4, -0.2) is 34.3 Å². The number of nitrogens with zero attached hydrogens (tertiary/aromatic N) is 3. The van der Waals surface area contributed by atoms with Gasteiger partial charge in [-0.05, 0) is 84.4 Å². The second kappa shape index (κ2) is 11.6. The maximum atomic E-state index is 14.9. The summed E-state index contributed by atoms with van der Waals surface area (Å²) in [5.74, 6) is -0.924. The van der Waals surface area contributed by atoms with Crippen molar-refractivity contribution < 1.29 is 22.7 Å². The van der Waals surface area contributed by atoms with E-state index in [2.05, 4.69) is 41.4 Å². The van der Waals surface area contributed by atoms with Crippen LogP contribution in [0.1, 0.15) is 70.9 Å². The van der Waals surface area contributed by atoms with Crippen molar-refractivity contribution in [2.24, 2.45) is 11.1 Å². The summed E-state index contributed by atoms with van der Waals surface area (Å²) >= 11 is 1.20. The van der Waals surface area contributed by atoms with Gasteiger partial charge >= 0.3 is 5.97 Å². The van der Waals surface area contributed by atoms with Crippen molar-refractivity contribution in [3.8, 4) is 27.5 Å². The van der Waals surface area contributed by atoms with Gasteiger partial charge in [-0.15, -0.1) is 11.3 Å². The third-order valence-corrected chi connectivity index (χ3v) is 10.6. The number of nitrogens with two attached hydrogens (primary N) is 1. The minimum atomic E-state index is -4.21. The molecular formula is C34H31FN4O4S2. The number of halogens is 1. The highest BCUT2D eigenvalue weighted by Gasteiger charge is 2.30. The van der Waals surface area contributed by atoms with E-state index in [1.165, 1.54) is 53.7 Å². The number of aromatic carboxylic acids is 1. The largest absolute Gasteiger partial charge is 0.476 e. The first-order valence-corrected chi connectivity index (χ1v) is 17.4. The summed E-state index contributed by atoms with van der Waals surface area (Å²) in [4.78, 5) is 15.5. The highest BCUT2D eigenvalue weighted by atomic mass is 32.2. The lowest BCUT2D eigenvalue weighted by Crippen LogP contribution is -2.14. The molecule has 45 heavy (non-hydrogen) atoms. The molecule has 0 aliphatic heterocycles. The van der Waals surface area contributed by atoms with E-state index >= 15 is 0 Å². The van der Waals surface area contributed by atoms with Gasteiger partial charge in [0.15, 0.2) is 5.69 Å². The normalized spacial score (nSPS) is 15.2. The predicted octanol–water partition coefficient (Wildman–Crippen LogP) is 6.96. The van der Waals surface area contributed by atoms with E-state index in [1.807, 2.05) is 12.1 Å². The summed E-state index contributed by atoms with van der Waals surface area (Å²) in [5.41, 5.74) is 7.27. The molecular weight excluding hydrogens is 612 g/mol. The van der Waals surface area contributed by atoms with Gasteiger partial charge in [0.05, 0.1) is 11.4 Å². The Morgan fingerprint density at radius 2 is 1.76 bits per heavy atom. The molecule has 7 rings (SSSR count). The standard InChI is InChI=1S/C34H31FN4O4S2/c35-28-16-21(9-14-31(28)45(36,42)43)15-27-30(17-20-7-8-20)39(34-37-29(19-44-34)33(40)41)38-32(27)26-6-2-5-25(18-26)24-12-10-23(11-13-24)22-3-1-4-22/h2,5-6,9-14,16,18-20,22H,1,3-4,7-8,15,17H2,(H,40,41)(H2,36,42,43). The molecule has 2 saturated carbocycles. The summed E-state index contributed by atoms with van der Waals surface area (Å²) < 4.78 is 40.4. The van der Waals surface area contributed by atoms with Crippen LogP contribution in [0.2, 0.25) is 0 Å². The van der Waals surface area contributed by atoms with Crippen LogP contribution in [0.5, 0.6) is 0 Å². The molecule has 0 saturated heterocycles. The highest BCUT2D eigenvalue weighted by molar-refractivity contribution is 7.89. The molecule has 2 heterocycles. The monoisotopic (exact) mass is 642 g/mol. The molecule has 3 aromatic carbocycles. The van der Waals surface area contributed by atoms with E-state index in [4.69, 9.17) is 10.2 Å². The summed E-state index contributed by atoms with van der Waals surface area (Å²) in [6.45, 7) is 0. The van der Waals surface area contributed by atoms with Crippen LogP contribution < -0.4 is 5.14 Å². The number of thiazole rings is 1. The minimum Gasteiger partial charge on any atom is -0.476 e. The summed E-state index contributed by atoms with van der Waals surface area (Å²) in [5, 5.41) is 21.7. The summed E-state index contributed by atoms with van der Waals surface area (Å²) in [7, 11) is -4.21. The van der Waals surface area contributed by atoms with Crippen LogP contribution in [-0.2, 0) is 22.9 Å². The van der Waals surface area contributed by atoms with E-state index in [9.17, 15) is 22.7 Å². The Kier molecular flexibility index (Phi) is 7.63. The number of carboxylic acid groups (broad SMARTS) is 1. The van der Waals surface area contributed by atoms with Gasteiger partial charge in [-0.3, -0.25) is 0 Å². The lowest BCUT2D eigenvalue weighted by molar-refractivity contribution is 0.0691. The van der Waals surface area contributed by atoms with E-state index < -0.39 is 26.7 Å². The molecule has 0 spiro atoms. The molecule has 0 unspecified atom stereocenters. The van der Waals surface area contributed by atoms with Gasteiger partial charge in [0.1, 0.15) is 10.7 Å². The molecule has 0 amide bonds. The van der Waals surface area contributed by atoms with Crippen LogP contribution in [0.4, 0.5) is 4.39 Å². The number of hydrogen-bond acceptors (Lipinski definition) is 6. The van der Waals surface area contributed by atoms with Crippen LogP contribution in [0, 0.1) is 11.7 Å². The van der Waals surface area contributed by atoms with E-state index in [1.54, 1.807) is 10.7 Å². The van der Waals surface area contributed by atoms with E-state index in [0.29, 0.717) is 34.6 Å². The van der Waals surface area contributed by atoms with Gasteiger partial charge in [0, 0.05) is 22.9 Å². The van der Waals surface area contributed by atoms with E-state index in [0.717, 1.165) is 40.8 Å². The molecule has 2 fully saturated rings. The summed E-state index contributed by atoms with van der Waals surface area (Å²) in [6, 6.07) is 20.8. The lowest BCUT2D eigenvalue weighted by Gasteiger charge is -2.25. The van der Waals surface area contributed by atoms with Crippen molar-refractivity contribution in [2.75, 3.05) is 0 Å². The fourth-order valence-electron chi connectivity index (χ4n) is 5.95. The Labute approximate surface area is 264 Å². The number of aromatic nitrogens is 3. The second-order valence-electron chi connectivity index (χ2n) is 12.0. The first-order valence-electron chi connectivity index (χ1n) is 15.0. The van der Waals surface area contributed by atoms with Crippen molar-refractivity contribution in [3.63, 3.8) is 0 Å². The third kappa shape index (κ3) is 6.07. The first kappa shape index (κ1) is 29.5. The average molecular weight is 643 g/mol. The molecule has 5 aromatic rings. The molecule has 0 atom stereocenters. The Morgan fingerprint density at radius 1 is 1.00 bits per heavy atom. The van der Waals surface area contributed by atoms with E-state index in [-0.39, 0.29) is 12.1 Å². The zero-order valence-electron chi connectivity index (χ0n) is 24.3. The number of carboxylic acids is 1. The van der Waals surface area contributed by atoms with Gasteiger partial charge in [0.25, 0.3) is 0 Å². The van der Waals surface area contributed by atoms with Gasteiger partial charge < -0.3 is 5.11 Å². The van der Waals surface area contributed by atoms with Crippen molar-refractivity contribution in [1.29, 1.82) is 0 Å². The van der Waals surface area contributed by atoms with Gasteiger partial charge in [-0.25, -0.2) is 32.4 Å². The summed E-state index contributed by atoms with van der Waals surface area (Å²) in [6.07, 6.45) is 6.88. The van der Waals surface area contributed by atoms with Crippen LogP contribution in [0.3, 0.4) is 0 Å². The number of hydrogen-bond donors (Lipinski definition) is 2. The van der Waals surface area contributed by atoms with Gasteiger partial charge in [0.2, 0.25) is 15.2 Å². The molecule has 3 N–H and O–H groups in total. The average Bonchev–Trinajstić information content (AvgIpc) is 3.54.